The second-order valence-electron chi connectivity index (χ2n) is 4.73. The molecule has 4 nitrogen and oxygen atoms in total. The SMILES string of the molecule is c1cc(CCc2cccc3ocnc23)c2ncoc2c1. The maximum absolute atomic E-state index is 5.33. The third-order valence-electron chi connectivity index (χ3n) is 3.55. The third kappa shape index (κ3) is 1.77. The standard InChI is InChI=1S/C16H12N2O2/c1-3-11(15-13(5-1)19-9-17-15)7-8-12-4-2-6-14-16(12)18-10-20-14/h1-6,9-10H,7-8H2. The summed E-state index contributed by atoms with van der Waals surface area (Å²) in [4.78, 5) is 8.56. The lowest BCUT2D eigenvalue weighted by molar-refractivity contribution is 0.601. The van der Waals surface area contributed by atoms with Gasteiger partial charge in [0.05, 0.1) is 0 Å². The molecule has 0 spiro atoms. The number of para-hydroxylation sites is 2. The molecule has 2 heterocycles. The molecule has 0 aliphatic carbocycles. The van der Waals surface area contributed by atoms with Crippen molar-refractivity contribution >= 4 is 22.2 Å². The molecule has 0 saturated carbocycles. The highest BCUT2D eigenvalue weighted by Crippen LogP contribution is 2.21. The molecular formula is C16H12N2O2. The first-order chi connectivity index (χ1) is 9.92. The third-order valence-corrected chi connectivity index (χ3v) is 3.55. The normalized spacial score (nSPS) is 11.4. The van der Waals surface area contributed by atoms with Gasteiger partial charge in [-0.25, -0.2) is 9.97 Å². The smallest absolute Gasteiger partial charge is 0.181 e. The van der Waals surface area contributed by atoms with Gasteiger partial charge in [0.25, 0.3) is 0 Å². The van der Waals surface area contributed by atoms with Crippen LogP contribution in [0.4, 0.5) is 0 Å². The second kappa shape index (κ2) is 4.49. The van der Waals surface area contributed by atoms with E-state index in [0.717, 1.165) is 35.0 Å². The number of hydrogen-bond donors (Lipinski definition) is 0. The highest BCUT2D eigenvalue weighted by Gasteiger charge is 2.08. The molecule has 0 amide bonds. The van der Waals surface area contributed by atoms with Crippen molar-refractivity contribution in [1.82, 2.24) is 9.97 Å². The maximum atomic E-state index is 5.33. The molecule has 4 aromatic rings. The van der Waals surface area contributed by atoms with E-state index in [0.29, 0.717) is 0 Å². The Kier molecular flexibility index (Phi) is 2.52. The summed E-state index contributed by atoms with van der Waals surface area (Å²) < 4.78 is 10.7. The van der Waals surface area contributed by atoms with Crippen LogP contribution in [0.25, 0.3) is 22.2 Å². The minimum Gasteiger partial charge on any atom is -0.443 e. The lowest BCUT2D eigenvalue weighted by Gasteiger charge is -2.03. The molecule has 0 radical (unpaired) electrons. The molecule has 2 aromatic carbocycles. The van der Waals surface area contributed by atoms with E-state index in [1.54, 1.807) is 0 Å². The average molecular weight is 264 g/mol. The molecule has 0 bridgehead atoms. The minimum atomic E-state index is 0.835. The zero-order valence-electron chi connectivity index (χ0n) is 10.7. The zero-order chi connectivity index (χ0) is 13.4. The van der Waals surface area contributed by atoms with Crippen LogP contribution in [0, 0.1) is 0 Å². The Labute approximate surface area is 115 Å². The van der Waals surface area contributed by atoms with Gasteiger partial charge in [0.15, 0.2) is 24.0 Å². The molecular weight excluding hydrogens is 252 g/mol. The fourth-order valence-electron chi connectivity index (χ4n) is 2.56. The van der Waals surface area contributed by atoms with Gasteiger partial charge in [-0.1, -0.05) is 24.3 Å². The predicted molar refractivity (Wildman–Crippen MR) is 75.4 cm³/mol. The van der Waals surface area contributed by atoms with Gasteiger partial charge >= 0.3 is 0 Å². The number of rotatable bonds is 3. The van der Waals surface area contributed by atoms with Gasteiger partial charge < -0.3 is 8.83 Å². The van der Waals surface area contributed by atoms with Crippen molar-refractivity contribution in [2.45, 2.75) is 12.8 Å². The summed E-state index contributed by atoms with van der Waals surface area (Å²) >= 11 is 0. The first kappa shape index (κ1) is 11.2. The number of hydrogen-bond acceptors (Lipinski definition) is 4. The molecule has 0 unspecified atom stereocenters. The highest BCUT2D eigenvalue weighted by molar-refractivity contribution is 5.77. The van der Waals surface area contributed by atoms with Crippen molar-refractivity contribution < 1.29 is 8.83 Å². The van der Waals surface area contributed by atoms with Crippen LogP contribution in [0.1, 0.15) is 11.1 Å². The summed E-state index contributed by atoms with van der Waals surface area (Å²) in [5, 5.41) is 0. The van der Waals surface area contributed by atoms with Gasteiger partial charge in [-0.3, -0.25) is 0 Å². The first-order valence-electron chi connectivity index (χ1n) is 6.54. The van der Waals surface area contributed by atoms with Gasteiger partial charge in [-0.2, -0.15) is 0 Å². The predicted octanol–water partition coefficient (Wildman–Crippen LogP) is 3.75. The van der Waals surface area contributed by atoms with Crippen molar-refractivity contribution in [3.63, 3.8) is 0 Å². The minimum absolute atomic E-state index is 0.835. The van der Waals surface area contributed by atoms with E-state index in [1.807, 2.05) is 24.3 Å². The number of benzene rings is 2. The summed E-state index contributed by atoms with van der Waals surface area (Å²) in [6.07, 6.45) is 4.78. The van der Waals surface area contributed by atoms with Gasteiger partial charge in [0.1, 0.15) is 11.0 Å². The number of aryl methyl sites for hydroxylation is 2. The quantitative estimate of drug-likeness (QED) is 0.565. The summed E-state index contributed by atoms with van der Waals surface area (Å²) in [5.74, 6) is 0. The van der Waals surface area contributed by atoms with Crippen LogP contribution in [0.2, 0.25) is 0 Å². The molecule has 4 heteroatoms. The summed E-state index contributed by atoms with van der Waals surface area (Å²) in [6.45, 7) is 0. The molecule has 0 aliphatic rings. The molecule has 0 atom stereocenters. The van der Waals surface area contributed by atoms with Crippen molar-refractivity contribution in [1.29, 1.82) is 0 Å². The van der Waals surface area contributed by atoms with Crippen molar-refractivity contribution in [2.24, 2.45) is 0 Å². The Morgan fingerprint density at radius 1 is 0.700 bits per heavy atom. The van der Waals surface area contributed by atoms with E-state index in [9.17, 15) is 0 Å². The molecule has 2 aromatic heterocycles. The van der Waals surface area contributed by atoms with E-state index >= 15 is 0 Å². The van der Waals surface area contributed by atoms with Gasteiger partial charge in [-0.15, -0.1) is 0 Å². The van der Waals surface area contributed by atoms with Crippen LogP contribution >= 0.6 is 0 Å². The Balaban J connectivity index is 1.67. The van der Waals surface area contributed by atoms with Crippen LogP contribution in [0.15, 0.2) is 58.0 Å². The van der Waals surface area contributed by atoms with Gasteiger partial charge in [0, 0.05) is 0 Å². The first-order valence-corrected chi connectivity index (χ1v) is 6.54. The Bertz CT molecular complexity index is 802. The molecule has 0 aliphatic heterocycles. The number of fused-ring (bicyclic) bond motifs is 2. The van der Waals surface area contributed by atoms with E-state index in [4.69, 9.17) is 8.83 Å². The summed E-state index contributed by atoms with van der Waals surface area (Å²) in [7, 11) is 0. The summed E-state index contributed by atoms with van der Waals surface area (Å²) in [6, 6.07) is 12.1. The largest absolute Gasteiger partial charge is 0.443 e. The Hall–Kier alpha value is -2.62. The average Bonchev–Trinajstić information content (AvgIpc) is 3.13. The lowest BCUT2D eigenvalue weighted by Crippen LogP contribution is -1.93. The lowest BCUT2D eigenvalue weighted by atomic mass is 10.0. The monoisotopic (exact) mass is 264 g/mol. The van der Waals surface area contributed by atoms with Crippen LogP contribution < -0.4 is 0 Å². The van der Waals surface area contributed by atoms with Gasteiger partial charge in [-0.05, 0) is 36.1 Å². The van der Waals surface area contributed by atoms with E-state index in [2.05, 4.69) is 22.1 Å². The van der Waals surface area contributed by atoms with Crippen LogP contribution in [-0.2, 0) is 12.8 Å². The molecule has 0 saturated heterocycles. The zero-order valence-corrected chi connectivity index (χ0v) is 10.7. The number of aromatic nitrogens is 2. The maximum Gasteiger partial charge on any atom is 0.181 e. The Morgan fingerprint density at radius 2 is 1.20 bits per heavy atom. The van der Waals surface area contributed by atoms with Crippen LogP contribution in [-0.4, -0.2) is 9.97 Å². The fraction of sp³-hybridized carbons (Fsp3) is 0.125. The molecule has 20 heavy (non-hydrogen) atoms. The Morgan fingerprint density at radius 3 is 1.70 bits per heavy atom. The van der Waals surface area contributed by atoms with Gasteiger partial charge in [0.2, 0.25) is 0 Å². The summed E-state index contributed by atoms with van der Waals surface area (Å²) in [5.41, 5.74) is 5.94. The number of nitrogens with zero attached hydrogens (tertiary/aromatic N) is 2. The van der Waals surface area contributed by atoms with Crippen molar-refractivity contribution in [3.8, 4) is 0 Å². The van der Waals surface area contributed by atoms with E-state index in [-0.39, 0.29) is 0 Å². The highest BCUT2D eigenvalue weighted by atomic mass is 16.3. The molecule has 0 N–H and O–H groups in total. The van der Waals surface area contributed by atoms with Crippen LogP contribution in [0.5, 0.6) is 0 Å². The van der Waals surface area contributed by atoms with E-state index < -0.39 is 0 Å². The fourth-order valence-corrected chi connectivity index (χ4v) is 2.56. The van der Waals surface area contributed by atoms with Crippen molar-refractivity contribution in [3.05, 3.63) is 60.3 Å². The molecule has 98 valence electrons. The number of oxazole rings is 2. The van der Waals surface area contributed by atoms with E-state index in [1.165, 1.54) is 23.9 Å². The second-order valence-corrected chi connectivity index (χ2v) is 4.73. The van der Waals surface area contributed by atoms with Crippen LogP contribution in [0.3, 0.4) is 0 Å². The molecule has 4 rings (SSSR count). The molecule has 0 fully saturated rings. The van der Waals surface area contributed by atoms with Crippen molar-refractivity contribution in [2.75, 3.05) is 0 Å². The topological polar surface area (TPSA) is 52.1 Å².